The second-order valence-corrected chi connectivity index (χ2v) is 4.81. The molecule has 1 fully saturated rings. The fraction of sp³-hybridized carbons (Fsp3) is 0.500. The smallest absolute Gasteiger partial charge is 0.250 e. The fourth-order valence-corrected chi connectivity index (χ4v) is 2.00. The zero-order valence-electron chi connectivity index (χ0n) is 9.90. The Hall–Kier alpha value is -1.62. The van der Waals surface area contributed by atoms with Gasteiger partial charge < -0.3 is 15.6 Å². The van der Waals surface area contributed by atoms with Gasteiger partial charge in [0.2, 0.25) is 11.5 Å². The number of pyridine rings is 1. The maximum absolute atomic E-state index is 11.7. The third kappa shape index (κ3) is 2.74. The highest BCUT2D eigenvalue weighted by Gasteiger charge is 2.34. The van der Waals surface area contributed by atoms with Crippen molar-refractivity contribution in [3.05, 3.63) is 28.7 Å². The van der Waals surface area contributed by atoms with Crippen LogP contribution in [-0.4, -0.2) is 16.0 Å². The number of amides is 1. The van der Waals surface area contributed by atoms with Crippen molar-refractivity contribution in [3.63, 3.8) is 0 Å². The van der Waals surface area contributed by atoms with Crippen molar-refractivity contribution >= 4 is 11.6 Å². The van der Waals surface area contributed by atoms with E-state index in [-0.39, 0.29) is 17.0 Å². The molecule has 0 radical (unpaired) electrons. The van der Waals surface area contributed by atoms with Crippen molar-refractivity contribution in [2.45, 2.75) is 31.2 Å². The minimum Gasteiger partial charge on any atom is -0.325 e. The van der Waals surface area contributed by atoms with E-state index >= 15 is 0 Å². The summed E-state index contributed by atoms with van der Waals surface area (Å²) in [6, 6.07) is 3.03. The Balaban J connectivity index is 1.98. The van der Waals surface area contributed by atoms with Crippen LogP contribution in [0.5, 0.6) is 0 Å². The quantitative estimate of drug-likeness (QED) is 0.805. The second-order valence-electron chi connectivity index (χ2n) is 4.81. The van der Waals surface area contributed by atoms with E-state index in [9.17, 15) is 9.59 Å². The molecule has 0 aliphatic heterocycles. The minimum absolute atomic E-state index is 0.0918. The Bertz CT molecular complexity index is 489. The van der Waals surface area contributed by atoms with Crippen molar-refractivity contribution in [2.24, 2.45) is 12.8 Å². The van der Waals surface area contributed by atoms with Crippen molar-refractivity contribution in [2.75, 3.05) is 5.32 Å². The molecule has 2 rings (SSSR count). The highest BCUT2D eigenvalue weighted by molar-refractivity contribution is 5.91. The molecule has 0 unspecified atom stereocenters. The first-order chi connectivity index (χ1) is 7.98. The molecule has 1 aromatic heterocycles. The summed E-state index contributed by atoms with van der Waals surface area (Å²) in [6.45, 7) is 0. The van der Waals surface area contributed by atoms with Crippen LogP contribution in [0, 0.1) is 0 Å². The lowest BCUT2D eigenvalue weighted by atomic mass is 9.75. The molecule has 1 heterocycles. The van der Waals surface area contributed by atoms with Crippen LogP contribution in [0.25, 0.3) is 0 Å². The van der Waals surface area contributed by atoms with Gasteiger partial charge in [-0.15, -0.1) is 0 Å². The number of carbonyl (C=O) groups is 1. The van der Waals surface area contributed by atoms with Crippen molar-refractivity contribution < 1.29 is 4.79 Å². The van der Waals surface area contributed by atoms with Crippen LogP contribution in [0.1, 0.15) is 25.7 Å². The van der Waals surface area contributed by atoms with Gasteiger partial charge in [-0.3, -0.25) is 9.59 Å². The monoisotopic (exact) mass is 235 g/mol. The van der Waals surface area contributed by atoms with E-state index in [4.69, 9.17) is 5.73 Å². The first-order valence-corrected chi connectivity index (χ1v) is 5.74. The number of anilines is 1. The Labute approximate surface area is 99.6 Å². The summed E-state index contributed by atoms with van der Waals surface area (Å²) < 4.78 is 1.43. The standard InChI is InChI=1S/C12H17N3O2/c1-15-8-9(3-4-11(15)17)14-10(16)7-12(13)5-2-6-12/h3-4,8H,2,5-7,13H2,1H3,(H,14,16). The maximum Gasteiger partial charge on any atom is 0.250 e. The van der Waals surface area contributed by atoms with Gasteiger partial charge >= 0.3 is 0 Å². The van der Waals surface area contributed by atoms with E-state index < -0.39 is 0 Å². The van der Waals surface area contributed by atoms with E-state index in [1.165, 1.54) is 10.6 Å². The Kier molecular flexibility index (Phi) is 3.02. The molecular formula is C12H17N3O2. The lowest BCUT2D eigenvalue weighted by Crippen LogP contribution is -2.48. The van der Waals surface area contributed by atoms with Gasteiger partial charge in [-0.1, -0.05) is 0 Å². The molecule has 1 aromatic rings. The number of hydrogen-bond donors (Lipinski definition) is 2. The summed E-state index contributed by atoms with van der Waals surface area (Å²) in [5, 5.41) is 2.76. The minimum atomic E-state index is -0.315. The van der Waals surface area contributed by atoms with E-state index in [1.807, 2.05) is 0 Å². The van der Waals surface area contributed by atoms with Crippen molar-refractivity contribution in [1.82, 2.24) is 4.57 Å². The summed E-state index contributed by atoms with van der Waals surface area (Å²) in [4.78, 5) is 22.9. The highest BCUT2D eigenvalue weighted by Crippen LogP contribution is 2.32. The van der Waals surface area contributed by atoms with Gasteiger partial charge in [0.1, 0.15) is 0 Å². The molecule has 1 aliphatic rings. The molecule has 17 heavy (non-hydrogen) atoms. The van der Waals surface area contributed by atoms with Gasteiger partial charge in [0, 0.05) is 31.3 Å². The normalized spacial score (nSPS) is 17.3. The summed E-state index contributed by atoms with van der Waals surface area (Å²) in [7, 11) is 1.65. The molecule has 0 spiro atoms. The SMILES string of the molecule is Cn1cc(NC(=O)CC2(N)CCC2)ccc1=O. The Morgan fingerprint density at radius 2 is 2.24 bits per heavy atom. The predicted octanol–water partition coefficient (Wildman–Crippen LogP) is 0.595. The van der Waals surface area contributed by atoms with E-state index in [2.05, 4.69) is 5.32 Å². The molecule has 5 nitrogen and oxygen atoms in total. The molecule has 92 valence electrons. The number of rotatable bonds is 3. The molecule has 0 saturated heterocycles. The summed E-state index contributed by atoms with van der Waals surface area (Å²) in [5.41, 5.74) is 6.21. The van der Waals surface area contributed by atoms with Crippen LogP contribution in [0.2, 0.25) is 0 Å². The van der Waals surface area contributed by atoms with E-state index in [0.29, 0.717) is 12.1 Å². The summed E-state index contributed by atoms with van der Waals surface area (Å²) in [5.74, 6) is -0.0918. The zero-order valence-corrected chi connectivity index (χ0v) is 9.90. The number of hydrogen-bond acceptors (Lipinski definition) is 3. The van der Waals surface area contributed by atoms with Crippen LogP contribution < -0.4 is 16.6 Å². The molecule has 0 aromatic carbocycles. The van der Waals surface area contributed by atoms with Gasteiger partial charge in [0.15, 0.2) is 0 Å². The second kappa shape index (κ2) is 4.33. The van der Waals surface area contributed by atoms with Crippen LogP contribution in [0.4, 0.5) is 5.69 Å². The first kappa shape index (κ1) is 11.9. The third-order valence-corrected chi connectivity index (χ3v) is 3.23. The number of aryl methyl sites for hydroxylation is 1. The first-order valence-electron chi connectivity index (χ1n) is 5.74. The molecule has 0 atom stereocenters. The molecule has 1 aliphatic carbocycles. The lowest BCUT2D eigenvalue weighted by Gasteiger charge is -2.37. The average molecular weight is 235 g/mol. The van der Waals surface area contributed by atoms with Gasteiger partial charge in [0.25, 0.3) is 0 Å². The van der Waals surface area contributed by atoms with Crippen molar-refractivity contribution in [1.29, 1.82) is 0 Å². The third-order valence-electron chi connectivity index (χ3n) is 3.23. The molecule has 0 bridgehead atoms. The predicted molar refractivity (Wildman–Crippen MR) is 65.7 cm³/mol. The highest BCUT2D eigenvalue weighted by atomic mass is 16.1. The van der Waals surface area contributed by atoms with Crippen molar-refractivity contribution in [3.8, 4) is 0 Å². The fourth-order valence-electron chi connectivity index (χ4n) is 2.00. The summed E-state index contributed by atoms with van der Waals surface area (Å²) >= 11 is 0. The number of nitrogens with two attached hydrogens (primary N) is 1. The topological polar surface area (TPSA) is 77.1 Å². The van der Waals surface area contributed by atoms with Gasteiger partial charge in [0.05, 0.1) is 5.69 Å². The molecule has 1 amide bonds. The lowest BCUT2D eigenvalue weighted by molar-refractivity contribution is -0.118. The Morgan fingerprint density at radius 3 is 2.76 bits per heavy atom. The summed E-state index contributed by atoms with van der Waals surface area (Å²) in [6.07, 6.45) is 4.87. The van der Waals surface area contributed by atoms with Crippen LogP contribution >= 0.6 is 0 Å². The van der Waals surface area contributed by atoms with Crippen LogP contribution in [0.15, 0.2) is 23.1 Å². The van der Waals surface area contributed by atoms with Crippen LogP contribution in [-0.2, 0) is 11.8 Å². The molecular weight excluding hydrogens is 218 g/mol. The Morgan fingerprint density at radius 1 is 1.53 bits per heavy atom. The average Bonchev–Trinajstić information content (AvgIpc) is 2.21. The number of nitrogens with zero attached hydrogens (tertiary/aromatic N) is 1. The molecule has 1 saturated carbocycles. The van der Waals surface area contributed by atoms with E-state index in [0.717, 1.165) is 19.3 Å². The number of carbonyl (C=O) groups excluding carboxylic acids is 1. The van der Waals surface area contributed by atoms with E-state index in [1.54, 1.807) is 19.3 Å². The largest absolute Gasteiger partial charge is 0.325 e. The number of nitrogens with one attached hydrogen (secondary N) is 1. The van der Waals surface area contributed by atoms with Gasteiger partial charge in [-0.2, -0.15) is 0 Å². The molecule has 5 heteroatoms. The van der Waals surface area contributed by atoms with Gasteiger partial charge in [-0.25, -0.2) is 0 Å². The number of aromatic nitrogens is 1. The molecule has 3 N–H and O–H groups in total. The zero-order chi connectivity index (χ0) is 12.5. The van der Waals surface area contributed by atoms with Crippen LogP contribution in [0.3, 0.4) is 0 Å². The maximum atomic E-state index is 11.7. The van der Waals surface area contributed by atoms with Gasteiger partial charge in [-0.05, 0) is 25.3 Å².